The van der Waals surface area contributed by atoms with Crippen molar-refractivity contribution in [2.45, 2.75) is 57.9 Å². The lowest BCUT2D eigenvalue weighted by Crippen LogP contribution is -2.39. The molecule has 1 unspecified atom stereocenters. The number of rotatable bonds is 4. The molecule has 0 heterocycles. The van der Waals surface area contributed by atoms with E-state index in [1.807, 2.05) is 0 Å². The zero-order valence-electron chi connectivity index (χ0n) is 9.15. The second-order valence-corrected chi connectivity index (χ2v) is 4.27. The van der Waals surface area contributed by atoms with Crippen LogP contribution < -0.4 is 5.32 Å². The molecule has 1 saturated carbocycles. The van der Waals surface area contributed by atoms with Crippen LogP contribution in [0.15, 0.2) is 0 Å². The number of hydrogen-bond donors (Lipinski definition) is 1. The van der Waals surface area contributed by atoms with Crippen LogP contribution in [0.5, 0.6) is 0 Å². The summed E-state index contributed by atoms with van der Waals surface area (Å²) in [6, 6.07) is 0.441. The molecule has 1 atom stereocenters. The van der Waals surface area contributed by atoms with Crippen molar-refractivity contribution in [3.8, 4) is 0 Å². The van der Waals surface area contributed by atoms with Crippen LogP contribution >= 0.6 is 0 Å². The first-order valence-corrected chi connectivity index (χ1v) is 5.70. The average Bonchev–Trinajstić information content (AvgIpc) is 2.15. The van der Waals surface area contributed by atoms with Gasteiger partial charge < -0.3 is 5.32 Å². The zero-order chi connectivity index (χ0) is 10.6. The Morgan fingerprint density at radius 2 is 1.86 bits per heavy atom. The van der Waals surface area contributed by atoms with Crippen molar-refractivity contribution in [3.63, 3.8) is 0 Å². The Labute approximate surface area is 85.3 Å². The van der Waals surface area contributed by atoms with E-state index < -0.39 is 5.92 Å². The molecule has 0 aliphatic heterocycles. The minimum atomic E-state index is -2.39. The standard InChI is InChI=1S/C11H21F2N/c1-3-10(14-4-2)9-5-7-11(12,13)8-6-9/h9-10,14H,3-8H2,1-2H3. The summed E-state index contributed by atoms with van der Waals surface area (Å²) >= 11 is 0. The number of alkyl halides is 2. The van der Waals surface area contributed by atoms with Crippen LogP contribution in [0.4, 0.5) is 8.78 Å². The van der Waals surface area contributed by atoms with E-state index >= 15 is 0 Å². The maximum atomic E-state index is 12.9. The summed E-state index contributed by atoms with van der Waals surface area (Å²) in [5.74, 6) is -1.93. The third kappa shape index (κ3) is 3.19. The third-order valence-corrected chi connectivity index (χ3v) is 3.24. The van der Waals surface area contributed by atoms with Crippen LogP contribution in [0, 0.1) is 5.92 Å². The van der Waals surface area contributed by atoms with E-state index in [9.17, 15) is 8.78 Å². The maximum Gasteiger partial charge on any atom is 0.248 e. The van der Waals surface area contributed by atoms with Crippen molar-refractivity contribution < 1.29 is 8.78 Å². The number of nitrogens with one attached hydrogen (secondary N) is 1. The molecule has 14 heavy (non-hydrogen) atoms. The Balaban J connectivity index is 2.39. The summed E-state index contributed by atoms with van der Waals surface area (Å²) in [6.45, 7) is 5.13. The fourth-order valence-corrected chi connectivity index (χ4v) is 2.37. The van der Waals surface area contributed by atoms with E-state index in [2.05, 4.69) is 19.2 Å². The molecule has 0 aromatic heterocycles. The van der Waals surface area contributed by atoms with Gasteiger partial charge in [0.15, 0.2) is 0 Å². The highest BCUT2D eigenvalue weighted by Crippen LogP contribution is 2.37. The molecule has 0 bridgehead atoms. The van der Waals surface area contributed by atoms with Gasteiger partial charge in [0, 0.05) is 18.9 Å². The molecule has 1 N–H and O–H groups in total. The summed E-state index contributed by atoms with van der Waals surface area (Å²) < 4.78 is 25.8. The van der Waals surface area contributed by atoms with Gasteiger partial charge in [-0.15, -0.1) is 0 Å². The lowest BCUT2D eigenvalue weighted by atomic mass is 9.81. The zero-order valence-corrected chi connectivity index (χ0v) is 9.15. The second-order valence-electron chi connectivity index (χ2n) is 4.27. The quantitative estimate of drug-likeness (QED) is 0.743. The first-order valence-electron chi connectivity index (χ1n) is 5.70. The van der Waals surface area contributed by atoms with Crippen LogP contribution in [0.1, 0.15) is 46.0 Å². The normalized spacial score (nSPS) is 24.9. The molecule has 1 rings (SSSR count). The molecule has 1 nitrogen and oxygen atoms in total. The van der Waals surface area contributed by atoms with E-state index in [-0.39, 0.29) is 12.8 Å². The van der Waals surface area contributed by atoms with E-state index in [4.69, 9.17) is 0 Å². The van der Waals surface area contributed by atoms with Gasteiger partial charge in [0.25, 0.3) is 0 Å². The lowest BCUT2D eigenvalue weighted by molar-refractivity contribution is -0.0496. The molecule has 0 radical (unpaired) electrons. The van der Waals surface area contributed by atoms with Gasteiger partial charge in [-0.1, -0.05) is 13.8 Å². The van der Waals surface area contributed by atoms with Gasteiger partial charge in [-0.2, -0.15) is 0 Å². The fourth-order valence-electron chi connectivity index (χ4n) is 2.37. The maximum absolute atomic E-state index is 12.9. The molecular weight excluding hydrogens is 184 g/mol. The molecular formula is C11H21F2N. The average molecular weight is 205 g/mol. The van der Waals surface area contributed by atoms with Crippen LogP contribution in [-0.2, 0) is 0 Å². The van der Waals surface area contributed by atoms with Crippen molar-refractivity contribution >= 4 is 0 Å². The van der Waals surface area contributed by atoms with Gasteiger partial charge >= 0.3 is 0 Å². The number of hydrogen-bond acceptors (Lipinski definition) is 1. The Bertz CT molecular complexity index is 161. The monoisotopic (exact) mass is 205 g/mol. The van der Waals surface area contributed by atoms with E-state index in [1.165, 1.54) is 0 Å². The highest BCUT2D eigenvalue weighted by molar-refractivity contribution is 4.83. The van der Waals surface area contributed by atoms with Crippen LogP contribution in [0.25, 0.3) is 0 Å². The highest BCUT2D eigenvalue weighted by Gasteiger charge is 2.36. The van der Waals surface area contributed by atoms with Gasteiger partial charge in [0.05, 0.1) is 0 Å². The Kier molecular flexibility index (Phi) is 4.30. The summed E-state index contributed by atoms with van der Waals surface area (Å²) in [7, 11) is 0. The number of halogens is 2. The second kappa shape index (κ2) is 5.06. The highest BCUT2D eigenvalue weighted by atomic mass is 19.3. The van der Waals surface area contributed by atoms with Crippen LogP contribution in [0.3, 0.4) is 0 Å². The minimum Gasteiger partial charge on any atom is -0.314 e. The predicted molar refractivity (Wildman–Crippen MR) is 54.7 cm³/mol. The van der Waals surface area contributed by atoms with Crippen molar-refractivity contribution in [1.29, 1.82) is 0 Å². The summed E-state index contributed by atoms with van der Waals surface area (Å²) in [5, 5.41) is 3.38. The molecule has 84 valence electrons. The molecule has 1 aliphatic carbocycles. The first-order chi connectivity index (χ1) is 6.59. The molecule has 0 spiro atoms. The summed E-state index contributed by atoms with van der Waals surface area (Å²) in [6.07, 6.45) is 2.57. The van der Waals surface area contributed by atoms with Gasteiger partial charge in [-0.25, -0.2) is 8.78 Å². The summed E-state index contributed by atoms with van der Waals surface area (Å²) in [5.41, 5.74) is 0. The fraction of sp³-hybridized carbons (Fsp3) is 1.00. The molecule has 1 aliphatic rings. The van der Waals surface area contributed by atoms with E-state index in [0.717, 1.165) is 13.0 Å². The van der Waals surface area contributed by atoms with E-state index in [0.29, 0.717) is 24.8 Å². The van der Waals surface area contributed by atoms with Gasteiger partial charge in [-0.3, -0.25) is 0 Å². The summed E-state index contributed by atoms with van der Waals surface area (Å²) in [4.78, 5) is 0. The molecule has 0 aromatic rings. The molecule has 1 fully saturated rings. The minimum absolute atomic E-state index is 0.0829. The topological polar surface area (TPSA) is 12.0 Å². The van der Waals surface area contributed by atoms with Gasteiger partial charge in [0.2, 0.25) is 5.92 Å². The van der Waals surface area contributed by atoms with Crippen LogP contribution in [0.2, 0.25) is 0 Å². The Morgan fingerprint density at radius 3 is 2.29 bits per heavy atom. The third-order valence-electron chi connectivity index (χ3n) is 3.24. The molecule has 0 amide bonds. The van der Waals surface area contributed by atoms with Crippen molar-refractivity contribution in [1.82, 2.24) is 5.32 Å². The molecule has 0 saturated heterocycles. The predicted octanol–water partition coefficient (Wildman–Crippen LogP) is 3.20. The van der Waals surface area contributed by atoms with Crippen molar-refractivity contribution in [3.05, 3.63) is 0 Å². The van der Waals surface area contributed by atoms with Crippen molar-refractivity contribution in [2.24, 2.45) is 5.92 Å². The lowest BCUT2D eigenvalue weighted by Gasteiger charge is -2.33. The van der Waals surface area contributed by atoms with Gasteiger partial charge in [0.1, 0.15) is 0 Å². The van der Waals surface area contributed by atoms with Crippen LogP contribution in [-0.4, -0.2) is 18.5 Å². The van der Waals surface area contributed by atoms with Crippen molar-refractivity contribution in [2.75, 3.05) is 6.54 Å². The van der Waals surface area contributed by atoms with Gasteiger partial charge in [-0.05, 0) is 31.7 Å². The largest absolute Gasteiger partial charge is 0.314 e. The molecule has 3 heteroatoms. The molecule has 0 aromatic carbocycles. The Hall–Kier alpha value is -0.180. The van der Waals surface area contributed by atoms with E-state index in [1.54, 1.807) is 0 Å². The SMILES string of the molecule is CCNC(CC)C1CCC(F)(F)CC1. The first kappa shape index (κ1) is 11.9. The smallest absolute Gasteiger partial charge is 0.248 e. The Morgan fingerprint density at radius 1 is 1.29 bits per heavy atom.